The number of fused-ring (bicyclic) bond motifs is 2. The summed E-state index contributed by atoms with van der Waals surface area (Å²) in [5.41, 5.74) is 2.01. The van der Waals surface area contributed by atoms with Crippen LogP contribution in [0.4, 0.5) is 0 Å². The summed E-state index contributed by atoms with van der Waals surface area (Å²) in [7, 11) is 2.99. The first kappa shape index (κ1) is 22.2. The molecule has 0 bridgehead atoms. The predicted molar refractivity (Wildman–Crippen MR) is 141 cm³/mol. The number of imide groups is 2. The first-order valence-corrected chi connectivity index (χ1v) is 12.2. The second-order valence-electron chi connectivity index (χ2n) is 9.48. The van der Waals surface area contributed by atoms with Crippen molar-refractivity contribution >= 4 is 66.7 Å². The zero-order chi connectivity index (χ0) is 25.5. The molecule has 0 N–H and O–H groups in total. The van der Waals surface area contributed by atoms with E-state index in [1.54, 1.807) is 24.3 Å². The normalized spacial score (nSPS) is 15.0. The van der Waals surface area contributed by atoms with Gasteiger partial charge in [-0.25, -0.2) is 0 Å². The highest BCUT2D eigenvalue weighted by Crippen LogP contribution is 2.45. The van der Waals surface area contributed by atoms with Crippen LogP contribution < -0.4 is 0 Å². The van der Waals surface area contributed by atoms with Crippen molar-refractivity contribution in [1.29, 1.82) is 0 Å². The number of hydrogen-bond donors (Lipinski definition) is 0. The summed E-state index contributed by atoms with van der Waals surface area (Å²) >= 11 is 0. The van der Waals surface area contributed by atoms with Gasteiger partial charge in [0.25, 0.3) is 23.6 Å². The van der Waals surface area contributed by atoms with Gasteiger partial charge in [-0.15, -0.1) is 0 Å². The minimum absolute atomic E-state index is 0.318. The van der Waals surface area contributed by atoms with Crippen molar-refractivity contribution in [2.24, 2.45) is 0 Å². The zero-order valence-electron chi connectivity index (χ0n) is 20.6. The van der Waals surface area contributed by atoms with Crippen LogP contribution in [0.3, 0.4) is 0 Å². The Labute approximate surface area is 207 Å². The average molecular weight is 477 g/mol. The van der Waals surface area contributed by atoms with E-state index in [2.05, 4.69) is 13.8 Å². The molecular formula is C30H24N2O4. The summed E-state index contributed by atoms with van der Waals surface area (Å²) in [5.74, 6) is -1.27. The molecule has 0 radical (unpaired) electrons. The molecule has 2 aliphatic rings. The minimum Gasteiger partial charge on any atom is -0.277 e. The largest absolute Gasteiger partial charge is 0.277 e. The minimum atomic E-state index is -0.318. The quantitative estimate of drug-likeness (QED) is 0.169. The Hall–Kier alpha value is -4.32. The summed E-state index contributed by atoms with van der Waals surface area (Å²) in [5, 5.41) is 6.60. The number of nitrogens with zero attached hydrogens (tertiary/aromatic N) is 2. The lowest BCUT2D eigenvalue weighted by atomic mass is 9.82. The molecule has 0 spiro atoms. The van der Waals surface area contributed by atoms with E-state index in [0.717, 1.165) is 42.1 Å². The maximum atomic E-state index is 12.8. The van der Waals surface area contributed by atoms with Crippen LogP contribution in [-0.2, 0) is 0 Å². The second-order valence-corrected chi connectivity index (χ2v) is 9.48. The lowest BCUT2D eigenvalue weighted by Gasteiger charge is -2.27. The Morgan fingerprint density at radius 2 is 0.694 bits per heavy atom. The fourth-order valence-electron chi connectivity index (χ4n) is 5.51. The molecule has 0 saturated carbocycles. The van der Waals surface area contributed by atoms with Gasteiger partial charge in [-0.05, 0) is 56.6 Å². The van der Waals surface area contributed by atoms with Crippen LogP contribution in [0.2, 0.25) is 0 Å². The van der Waals surface area contributed by atoms with Crippen LogP contribution in [0.25, 0.3) is 43.1 Å². The fraction of sp³-hybridized carbons (Fsp3) is 0.200. The number of amides is 4. The molecule has 6 nitrogen and oxygen atoms in total. The Kier molecular flexibility index (Phi) is 4.67. The van der Waals surface area contributed by atoms with E-state index >= 15 is 0 Å². The molecule has 0 atom stereocenters. The maximum absolute atomic E-state index is 12.8. The monoisotopic (exact) mass is 476 g/mol. The lowest BCUT2D eigenvalue weighted by molar-refractivity contribution is 0.0635. The van der Waals surface area contributed by atoms with E-state index in [1.807, 2.05) is 24.3 Å². The molecule has 4 amide bonds. The standard InChI is InChI=1S/C26H14N2O4.C4H10/c1-27-23(29)15-7-3-11-13-5-9-17-22-18(26(32)28(2)25(17)31)10-6-14(20(13)22)12-4-8-16(24(27)30)21(15)19(11)12;1-3-4-2/h3-10H,1-2H3;3-4H2,1-2H3. The summed E-state index contributed by atoms with van der Waals surface area (Å²) in [4.78, 5) is 53.7. The molecule has 7 rings (SSSR count). The van der Waals surface area contributed by atoms with Gasteiger partial charge in [-0.2, -0.15) is 0 Å². The third kappa shape index (κ3) is 2.61. The fourth-order valence-corrected chi connectivity index (χ4v) is 5.51. The van der Waals surface area contributed by atoms with E-state index in [0.29, 0.717) is 33.0 Å². The topological polar surface area (TPSA) is 74.8 Å². The van der Waals surface area contributed by atoms with Crippen LogP contribution >= 0.6 is 0 Å². The van der Waals surface area contributed by atoms with E-state index in [4.69, 9.17) is 0 Å². The third-order valence-corrected chi connectivity index (χ3v) is 7.54. The number of carbonyl (C=O) groups is 4. The molecule has 5 aromatic rings. The summed E-state index contributed by atoms with van der Waals surface area (Å²) in [6.07, 6.45) is 2.64. The van der Waals surface area contributed by atoms with Crippen LogP contribution in [0, 0.1) is 0 Å². The van der Waals surface area contributed by atoms with Crippen molar-refractivity contribution in [3.63, 3.8) is 0 Å². The highest BCUT2D eigenvalue weighted by atomic mass is 16.2. The van der Waals surface area contributed by atoms with Gasteiger partial charge in [-0.1, -0.05) is 51.0 Å². The molecule has 0 aliphatic carbocycles. The number of unbranched alkanes of at least 4 members (excludes halogenated alkanes) is 1. The number of carbonyl (C=O) groups excluding carboxylic acids is 4. The van der Waals surface area contributed by atoms with E-state index in [9.17, 15) is 19.2 Å². The maximum Gasteiger partial charge on any atom is 0.261 e. The summed E-state index contributed by atoms with van der Waals surface area (Å²) < 4.78 is 0. The molecule has 0 saturated heterocycles. The molecule has 0 unspecified atom stereocenters. The predicted octanol–water partition coefficient (Wildman–Crippen LogP) is 6.00. The average Bonchev–Trinajstić information content (AvgIpc) is 2.91. The Morgan fingerprint density at radius 1 is 0.444 bits per heavy atom. The van der Waals surface area contributed by atoms with Gasteiger partial charge >= 0.3 is 0 Å². The van der Waals surface area contributed by atoms with Crippen molar-refractivity contribution in [2.75, 3.05) is 14.1 Å². The van der Waals surface area contributed by atoms with Crippen molar-refractivity contribution < 1.29 is 19.2 Å². The molecule has 2 aliphatic heterocycles. The van der Waals surface area contributed by atoms with Crippen molar-refractivity contribution in [1.82, 2.24) is 9.80 Å². The molecule has 36 heavy (non-hydrogen) atoms. The SMILES string of the molecule is CCCC.CN1C(=O)c2ccc3c4ccc5c6c(ccc(c7ccc(c2c37)C1=O)c64)C(=O)N(C)C5=O. The molecule has 0 aromatic heterocycles. The number of hydrogen-bond acceptors (Lipinski definition) is 4. The van der Waals surface area contributed by atoms with Crippen LogP contribution in [0.5, 0.6) is 0 Å². The Morgan fingerprint density at radius 3 is 0.917 bits per heavy atom. The Bertz CT molecular complexity index is 1560. The number of rotatable bonds is 1. The lowest BCUT2D eigenvalue weighted by Crippen LogP contribution is -2.37. The molecule has 178 valence electrons. The molecule has 2 heterocycles. The highest BCUT2D eigenvalue weighted by molar-refractivity contribution is 6.41. The van der Waals surface area contributed by atoms with Crippen molar-refractivity contribution in [2.45, 2.75) is 26.7 Å². The first-order valence-electron chi connectivity index (χ1n) is 12.2. The van der Waals surface area contributed by atoms with Gasteiger partial charge < -0.3 is 0 Å². The third-order valence-electron chi connectivity index (χ3n) is 7.54. The van der Waals surface area contributed by atoms with E-state index in [-0.39, 0.29) is 23.6 Å². The van der Waals surface area contributed by atoms with Crippen LogP contribution in [0.15, 0.2) is 48.5 Å². The van der Waals surface area contributed by atoms with Gasteiger partial charge in [0, 0.05) is 47.1 Å². The first-order chi connectivity index (χ1) is 17.3. The van der Waals surface area contributed by atoms with Gasteiger partial charge in [0.05, 0.1) is 0 Å². The zero-order valence-corrected chi connectivity index (χ0v) is 20.6. The van der Waals surface area contributed by atoms with Crippen molar-refractivity contribution in [3.8, 4) is 0 Å². The highest BCUT2D eigenvalue weighted by Gasteiger charge is 2.34. The summed E-state index contributed by atoms with van der Waals surface area (Å²) in [6, 6.07) is 14.7. The summed E-state index contributed by atoms with van der Waals surface area (Å²) in [6.45, 7) is 4.36. The molecule has 5 aromatic carbocycles. The smallest absolute Gasteiger partial charge is 0.261 e. The van der Waals surface area contributed by atoms with Gasteiger partial charge in [-0.3, -0.25) is 29.0 Å². The van der Waals surface area contributed by atoms with Crippen molar-refractivity contribution in [3.05, 3.63) is 70.8 Å². The van der Waals surface area contributed by atoms with E-state index in [1.165, 1.54) is 26.9 Å². The van der Waals surface area contributed by atoms with Crippen LogP contribution in [-0.4, -0.2) is 47.5 Å². The molecule has 6 heteroatoms. The molecular weight excluding hydrogens is 452 g/mol. The second kappa shape index (κ2) is 7.59. The van der Waals surface area contributed by atoms with E-state index < -0.39 is 0 Å². The van der Waals surface area contributed by atoms with Crippen LogP contribution in [0.1, 0.15) is 68.1 Å². The Balaban J connectivity index is 0.000000562. The van der Waals surface area contributed by atoms with Gasteiger partial charge in [0.15, 0.2) is 0 Å². The number of benzene rings is 5. The molecule has 0 fully saturated rings. The van der Waals surface area contributed by atoms with Gasteiger partial charge in [0.2, 0.25) is 0 Å². The van der Waals surface area contributed by atoms with Gasteiger partial charge in [0.1, 0.15) is 0 Å².